The third-order valence-electron chi connectivity index (χ3n) is 6.21. The van der Waals surface area contributed by atoms with Crippen molar-refractivity contribution in [3.8, 4) is 11.5 Å². The Morgan fingerprint density at radius 2 is 1.83 bits per heavy atom. The molecule has 4 atom stereocenters. The maximum atomic E-state index is 12.3. The summed E-state index contributed by atoms with van der Waals surface area (Å²) in [5, 5.41) is 3.02. The van der Waals surface area contributed by atoms with Gasteiger partial charge < -0.3 is 14.8 Å². The van der Waals surface area contributed by atoms with Crippen LogP contribution in [-0.2, 0) is 9.53 Å². The van der Waals surface area contributed by atoms with Gasteiger partial charge in [0.05, 0.1) is 5.56 Å². The van der Waals surface area contributed by atoms with Gasteiger partial charge in [0.15, 0.2) is 6.61 Å². The van der Waals surface area contributed by atoms with E-state index >= 15 is 0 Å². The molecule has 2 aromatic rings. The van der Waals surface area contributed by atoms with Crippen LogP contribution in [0, 0.1) is 17.8 Å². The number of carbonyl (C=O) groups is 2. The standard InChI is InChI=1S/C24H27NO4/c1-16(22-13-17-10-11-18(22)12-17)25-23(26)15-28-24(27)19-6-5-9-21(14-19)29-20-7-3-2-4-8-20/h2-9,14,16-18,22H,10-13,15H2,1H3,(H,25,26)/t16-,17-,18-,22-/m1/s1. The van der Waals surface area contributed by atoms with E-state index < -0.39 is 5.97 Å². The highest BCUT2D eigenvalue weighted by Crippen LogP contribution is 2.49. The van der Waals surface area contributed by atoms with E-state index in [1.54, 1.807) is 24.3 Å². The Bertz CT molecular complexity index is 866. The lowest BCUT2D eigenvalue weighted by molar-refractivity contribution is -0.125. The van der Waals surface area contributed by atoms with Crippen molar-refractivity contribution in [2.45, 2.75) is 38.6 Å². The molecule has 0 aliphatic heterocycles. The Hall–Kier alpha value is -2.82. The van der Waals surface area contributed by atoms with Crippen molar-refractivity contribution in [1.29, 1.82) is 0 Å². The van der Waals surface area contributed by atoms with Crippen LogP contribution in [0.4, 0.5) is 0 Å². The van der Waals surface area contributed by atoms with Crippen LogP contribution < -0.4 is 10.1 Å². The number of rotatable bonds is 7. The molecule has 2 aliphatic rings. The van der Waals surface area contributed by atoms with Crippen molar-refractivity contribution >= 4 is 11.9 Å². The van der Waals surface area contributed by atoms with Crippen molar-refractivity contribution in [3.05, 3.63) is 60.2 Å². The minimum Gasteiger partial charge on any atom is -0.457 e. The number of carbonyl (C=O) groups excluding carboxylic acids is 2. The number of hydrogen-bond donors (Lipinski definition) is 1. The predicted molar refractivity (Wildman–Crippen MR) is 110 cm³/mol. The van der Waals surface area contributed by atoms with E-state index in [4.69, 9.17) is 9.47 Å². The van der Waals surface area contributed by atoms with Crippen LogP contribution in [0.15, 0.2) is 54.6 Å². The third kappa shape index (κ3) is 4.78. The van der Waals surface area contributed by atoms with Crippen LogP contribution in [0.5, 0.6) is 11.5 Å². The molecule has 0 saturated heterocycles. The van der Waals surface area contributed by atoms with Gasteiger partial charge in [-0.1, -0.05) is 30.7 Å². The number of amides is 1. The van der Waals surface area contributed by atoms with Crippen molar-refractivity contribution < 1.29 is 19.1 Å². The zero-order chi connectivity index (χ0) is 20.2. The van der Waals surface area contributed by atoms with Gasteiger partial charge in [0.1, 0.15) is 11.5 Å². The summed E-state index contributed by atoms with van der Waals surface area (Å²) in [7, 11) is 0. The van der Waals surface area contributed by atoms with E-state index in [1.807, 2.05) is 30.3 Å². The molecular formula is C24H27NO4. The topological polar surface area (TPSA) is 64.6 Å². The van der Waals surface area contributed by atoms with Gasteiger partial charge >= 0.3 is 5.97 Å². The van der Waals surface area contributed by atoms with E-state index in [1.165, 1.54) is 25.7 Å². The van der Waals surface area contributed by atoms with Gasteiger partial charge in [0, 0.05) is 6.04 Å². The fourth-order valence-corrected chi connectivity index (χ4v) is 4.83. The number of fused-ring (bicyclic) bond motifs is 2. The smallest absolute Gasteiger partial charge is 0.338 e. The maximum absolute atomic E-state index is 12.3. The lowest BCUT2D eigenvalue weighted by atomic mass is 9.84. The number of ether oxygens (including phenoxy) is 2. The molecule has 2 aromatic carbocycles. The molecule has 0 heterocycles. The van der Waals surface area contributed by atoms with Crippen LogP contribution in [0.2, 0.25) is 0 Å². The summed E-state index contributed by atoms with van der Waals surface area (Å²) in [5.41, 5.74) is 0.354. The van der Waals surface area contributed by atoms with Crippen LogP contribution in [0.25, 0.3) is 0 Å². The fraction of sp³-hybridized carbons (Fsp3) is 0.417. The monoisotopic (exact) mass is 393 g/mol. The van der Waals surface area contributed by atoms with E-state index in [9.17, 15) is 9.59 Å². The summed E-state index contributed by atoms with van der Waals surface area (Å²) in [6.07, 6.45) is 5.14. The quantitative estimate of drug-likeness (QED) is 0.700. The normalized spacial score (nSPS) is 23.4. The highest BCUT2D eigenvalue weighted by molar-refractivity contribution is 5.91. The average molecular weight is 393 g/mol. The molecule has 5 heteroatoms. The van der Waals surface area contributed by atoms with Gasteiger partial charge in [-0.05, 0) is 74.3 Å². The first kappa shape index (κ1) is 19.5. The van der Waals surface area contributed by atoms with Gasteiger partial charge in [-0.25, -0.2) is 4.79 Å². The van der Waals surface area contributed by atoms with Gasteiger partial charge in [-0.2, -0.15) is 0 Å². The maximum Gasteiger partial charge on any atom is 0.338 e. The van der Waals surface area contributed by atoms with E-state index in [-0.39, 0.29) is 18.6 Å². The molecule has 29 heavy (non-hydrogen) atoms. The van der Waals surface area contributed by atoms with Gasteiger partial charge in [0.25, 0.3) is 5.91 Å². The Balaban J connectivity index is 1.27. The number of para-hydroxylation sites is 1. The molecule has 2 saturated carbocycles. The molecule has 0 unspecified atom stereocenters. The van der Waals surface area contributed by atoms with E-state index in [0.717, 1.165) is 11.8 Å². The molecule has 2 bridgehead atoms. The number of hydrogen-bond acceptors (Lipinski definition) is 4. The van der Waals surface area contributed by atoms with Crippen LogP contribution in [-0.4, -0.2) is 24.5 Å². The zero-order valence-corrected chi connectivity index (χ0v) is 16.7. The van der Waals surface area contributed by atoms with Crippen LogP contribution >= 0.6 is 0 Å². The molecular weight excluding hydrogens is 366 g/mol. The summed E-state index contributed by atoms with van der Waals surface area (Å²) in [6.45, 7) is 1.79. The summed E-state index contributed by atoms with van der Waals surface area (Å²) < 4.78 is 11.0. The summed E-state index contributed by atoms with van der Waals surface area (Å²) >= 11 is 0. The Morgan fingerprint density at radius 3 is 2.55 bits per heavy atom. The molecule has 5 nitrogen and oxygen atoms in total. The molecule has 0 aromatic heterocycles. The fourth-order valence-electron chi connectivity index (χ4n) is 4.83. The van der Waals surface area contributed by atoms with Gasteiger partial charge in [0.2, 0.25) is 0 Å². The Labute approximate surface area is 171 Å². The second kappa shape index (κ2) is 8.68. The highest BCUT2D eigenvalue weighted by Gasteiger charge is 2.42. The summed E-state index contributed by atoms with van der Waals surface area (Å²) in [5.74, 6) is 2.58. The molecule has 4 rings (SSSR count). The van der Waals surface area contributed by atoms with Crippen molar-refractivity contribution in [2.24, 2.45) is 17.8 Å². The molecule has 0 radical (unpaired) electrons. The van der Waals surface area contributed by atoms with Gasteiger partial charge in [-0.3, -0.25) is 4.79 Å². The summed E-state index contributed by atoms with van der Waals surface area (Å²) in [4.78, 5) is 24.6. The molecule has 0 spiro atoms. The van der Waals surface area contributed by atoms with E-state index in [2.05, 4.69) is 12.2 Å². The third-order valence-corrected chi connectivity index (χ3v) is 6.21. The largest absolute Gasteiger partial charge is 0.457 e. The minimum absolute atomic E-state index is 0.124. The lowest BCUT2D eigenvalue weighted by Crippen LogP contribution is -2.42. The molecule has 152 valence electrons. The van der Waals surface area contributed by atoms with Crippen LogP contribution in [0.3, 0.4) is 0 Å². The second-order valence-electron chi connectivity index (χ2n) is 8.21. The SMILES string of the molecule is C[C@@H](NC(=O)COC(=O)c1cccc(Oc2ccccc2)c1)[C@H]1C[C@@H]2CC[C@@H]1C2. The Kier molecular flexibility index (Phi) is 5.84. The van der Waals surface area contributed by atoms with Crippen LogP contribution in [0.1, 0.15) is 43.0 Å². The zero-order valence-electron chi connectivity index (χ0n) is 16.7. The first-order valence-corrected chi connectivity index (χ1v) is 10.4. The molecule has 2 fully saturated rings. The summed E-state index contributed by atoms with van der Waals surface area (Å²) in [6, 6.07) is 16.2. The van der Waals surface area contributed by atoms with Gasteiger partial charge in [-0.15, -0.1) is 0 Å². The first-order valence-electron chi connectivity index (χ1n) is 10.4. The Morgan fingerprint density at radius 1 is 1.03 bits per heavy atom. The average Bonchev–Trinajstić information content (AvgIpc) is 3.37. The number of esters is 1. The number of nitrogens with one attached hydrogen (secondary N) is 1. The van der Waals surface area contributed by atoms with Crippen molar-refractivity contribution in [3.63, 3.8) is 0 Å². The first-order chi connectivity index (χ1) is 14.1. The van der Waals surface area contributed by atoms with E-state index in [0.29, 0.717) is 23.0 Å². The van der Waals surface area contributed by atoms with Crippen molar-refractivity contribution in [2.75, 3.05) is 6.61 Å². The molecule has 1 N–H and O–H groups in total. The lowest BCUT2D eigenvalue weighted by Gasteiger charge is -2.28. The minimum atomic E-state index is -0.536. The number of benzene rings is 2. The second-order valence-corrected chi connectivity index (χ2v) is 8.21. The van der Waals surface area contributed by atoms with Crippen molar-refractivity contribution in [1.82, 2.24) is 5.32 Å². The molecule has 2 aliphatic carbocycles. The molecule has 1 amide bonds. The predicted octanol–water partition coefficient (Wildman–Crippen LogP) is 4.58. The highest BCUT2D eigenvalue weighted by atomic mass is 16.5.